The Bertz CT molecular complexity index is 1310. The normalized spacial score (nSPS) is 10.9. The van der Waals surface area contributed by atoms with Gasteiger partial charge in [-0.05, 0) is 13.0 Å². The molecule has 0 radical (unpaired) electrons. The highest BCUT2D eigenvalue weighted by atomic mass is 16.5. The Kier molecular flexibility index (Phi) is 5.32. The number of aromatic nitrogens is 9. The first kappa shape index (κ1) is 20.3. The van der Waals surface area contributed by atoms with Crippen LogP contribution in [0.3, 0.4) is 0 Å². The van der Waals surface area contributed by atoms with E-state index in [0.717, 1.165) is 0 Å². The Hall–Kier alpha value is -5.00. The Morgan fingerprint density at radius 2 is 1.69 bits per heavy atom. The molecule has 0 saturated carbocycles. The van der Waals surface area contributed by atoms with Gasteiger partial charge in [0.1, 0.15) is 0 Å². The predicted molar refractivity (Wildman–Crippen MR) is 109 cm³/mol. The molecule has 0 aliphatic rings. The van der Waals surface area contributed by atoms with Gasteiger partial charge >= 0.3 is 12.0 Å². The van der Waals surface area contributed by atoms with E-state index in [4.69, 9.17) is 21.8 Å². The summed E-state index contributed by atoms with van der Waals surface area (Å²) in [6.45, 7) is 9.12. The smallest absolute Gasteiger partial charge is 0.324 e. The van der Waals surface area contributed by atoms with Gasteiger partial charge < -0.3 is 15.2 Å². The van der Waals surface area contributed by atoms with Gasteiger partial charge in [-0.25, -0.2) is 14.8 Å². The number of nitrogens with zero attached hydrogens (tertiary/aromatic N) is 12. The zero-order chi connectivity index (χ0) is 22.7. The summed E-state index contributed by atoms with van der Waals surface area (Å²) in [6, 6.07) is 1.67. The van der Waals surface area contributed by atoms with Crippen molar-refractivity contribution in [3.8, 4) is 23.9 Å². The Balaban J connectivity index is 1.78. The lowest BCUT2D eigenvalue weighted by molar-refractivity contribution is 0.338. The van der Waals surface area contributed by atoms with E-state index in [1.54, 1.807) is 25.4 Å². The van der Waals surface area contributed by atoms with Gasteiger partial charge in [-0.15, -0.1) is 15.2 Å². The number of anilines is 1. The molecule has 0 saturated heterocycles. The molecule has 0 aliphatic carbocycles. The molecule has 15 nitrogen and oxygen atoms in total. The summed E-state index contributed by atoms with van der Waals surface area (Å²) in [6.07, 6.45) is 4.44. The first-order valence-electron chi connectivity index (χ1n) is 8.89. The highest BCUT2D eigenvalue weighted by Gasteiger charge is 2.19. The molecule has 0 aliphatic heterocycles. The number of azo groups is 1. The van der Waals surface area contributed by atoms with Gasteiger partial charge in [-0.1, -0.05) is 0 Å². The summed E-state index contributed by atoms with van der Waals surface area (Å²) >= 11 is 0. The van der Waals surface area contributed by atoms with Crippen molar-refractivity contribution in [2.75, 3.05) is 20.0 Å². The zero-order valence-electron chi connectivity index (χ0n) is 17.1. The number of hydrogen-bond donors (Lipinski definition) is 1. The summed E-state index contributed by atoms with van der Waals surface area (Å²) in [5, 5.41) is 16.8. The van der Waals surface area contributed by atoms with Crippen LogP contribution in [0.2, 0.25) is 0 Å². The SMILES string of the molecule is [C-]#[N+]c1cnn(-c2nc(OC)nc(OC)n2)c1N=Nc1c(C)nn(-c2ncccn2)c1N. The van der Waals surface area contributed by atoms with Gasteiger partial charge in [-0.2, -0.15) is 29.5 Å². The van der Waals surface area contributed by atoms with Crippen LogP contribution in [0.15, 0.2) is 34.9 Å². The molecule has 4 aromatic heterocycles. The van der Waals surface area contributed by atoms with E-state index in [-0.39, 0.29) is 46.9 Å². The van der Waals surface area contributed by atoms with E-state index in [1.807, 2.05) is 0 Å². The van der Waals surface area contributed by atoms with Crippen molar-refractivity contribution in [3.63, 3.8) is 0 Å². The standard InChI is InChI=1S/C17H15N13O2/c1-9-11(12(18)29(28-9)14-20-6-5-7-21-14)26-27-13-10(19-2)8-22-30(13)15-23-16(31-3)25-17(24-15)32-4/h5-8H,18H2,1,3-4H3. The van der Waals surface area contributed by atoms with Crippen LogP contribution in [0.5, 0.6) is 12.0 Å². The van der Waals surface area contributed by atoms with Crippen molar-refractivity contribution in [3.05, 3.63) is 41.8 Å². The van der Waals surface area contributed by atoms with Crippen LogP contribution in [-0.2, 0) is 0 Å². The highest BCUT2D eigenvalue weighted by molar-refractivity contribution is 5.65. The molecule has 4 aromatic rings. The second kappa shape index (κ2) is 8.39. The molecule has 32 heavy (non-hydrogen) atoms. The molecule has 0 amide bonds. The monoisotopic (exact) mass is 433 g/mol. The summed E-state index contributed by atoms with van der Waals surface area (Å²) in [4.78, 5) is 23.9. The lowest BCUT2D eigenvalue weighted by Gasteiger charge is -2.06. The molecule has 4 heterocycles. The molecule has 0 aromatic carbocycles. The lowest BCUT2D eigenvalue weighted by Crippen LogP contribution is -2.07. The molecule has 0 unspecified atom stereocenters. The maximum absolute atomic E-state index is 7.41. The van der Waals surface area contributed by atoms with Crippen LogP contribution < -0.4 is 15.2 Å². The van der Waals surface area contributed by atoms with E-state index < -0.39 is 0 Å². The van der Waals surface area contributed by atoms with Crippen LogP contribution in [0.4, 0.5) is 23.0 Å². The summed E-state index contributed by atoms with van der Waals surface area (Å²) < 4.78 is 12.7. The van der Waals surface area contributed by atoms with Gasteiger partial charge in [-0.3, -0.25) is 0 Å². The van der Waals surface area contributed by atoms with E-state index in [1.165, 1.54) is 29.8 Å². The molecule has 4 rings (SSSR count). The fraction of sp³-hybridized carbons (Fsp3) is 0.176. The largest absolute Gasteiger partial charge is 0.467 e. The van der Waals surface area contributed by atoms with E-state index >= 15 is 0 Å². The Morgan fingerprint density at radius 3 is 2.31 bits per heavy atom. The third-order valence-electron chi connectivity index (χ3n) is 4.03. The number of nitrogens with two attached hydrogens (primary N) is 1. The fourth-order valence-corrected chi connectivity index (χ4v) is 2.57. The molecule has 15 heteroatoms. The van der Waals surface area contributed by atoms with E-state index in [2.05, 4.69) is 50.2 Å². The van der Waals surface area contributed by atoms with Crippen molar-refractivity contribution >= 4 is 23.0 Å². The molecule has 0 atom stereocenters. The third kappa shape index (κ3) is 3.63. The minimum absolute atomic E-state index is 0.00109. The maximum atomic E-state index is 7.41. The number of rotatable bonds is 6. The van der Waals surface area contributed by atoms with Crippen LogP contribution in [0.1, 0.15) is 5.69 Å². The lowest BCUT2D eigenvalue weighted by atomic mass is 10.4. The molecule has 0 fully saturated rings. The maximum Gasteiger partial charge on any atom is 0.324 e. The predicted octanol–water partition coefficient (Wildman–Crippen LogP) is 1.91. The number of aryl methyl sites for hydroxylation is 1. The van der Waals surface area contributed by atoms with Crippen molar-refractivity contribution in [1.29, 1.82) is 0 Å². The minimum Gasteiger partial charge on any atom is -0.467 e. The first-order valence-corrected chi connectivity index (χ1v) is 8.89. The van der Waals surface area contributed by atoms with Crippen molar-refractivity contribution in [1.82, 2.24) is 44.5 Å². The highest BCUT2D eigenvalue weighted by Crippen LogP contribution is 2.34. The third-order valence-corrected chi connectivity index (χ3v) is 4.03. The number of nitrogen functional groups attached to an aromatic ring is 1. The van der Waals surface area contributed by atoms with Crippen molar-refractivity contribution in [2.24, 2.45) is 10.2 Å². The van der Waals surface area contributed by atoms with E-state index in [9.17, 15) is 0 Å². The summed E-state index contributed by atoms with van der Waals surface area (Å²) in [5.41, 5.74) is 7.07. The molecule has 0 spiro atoms. The second-order valence-electron chi connectivity index (χ2n) is 5.97. The molecule has 0 bridgehead atoms. The average Bonchev–Trinajstić information content (AvgIpc) is 3.37. The minimum atomic E-state index is -0.00109. The van der Waals surface area contributed by atoms with Gasteiger partial charge in [0.05, 0.1) is 32.7 Å². The average molecular weight is 433 g/mol. The van der Waals surface area contributed by atoms with Gasteiger partial charge in [0.2, 0.25) is 0 Å². The van der Waals surface area contributed by atoms with E-state index in [0.29, 0.717) is 5.69 Å². The zero-order valence-corrected chi connectivity index (χ0v) is 17.1. The summed E-state index contributed by atoms with van der Waals surface area (Å²) in [5.74, 6) is 0.552. The number of ether oxygens (including phenoxy) is 2. The van der Waals surface area contributed by atoms with Gasteiger partial charge in [0, 0.05) is 12.4 Å². The molecular formula is C17H15N13O2. The molecular weight excluding hydrogens is 418 g/mol. The topological polar surface area (TPSA) is 174 Å². The number of methoxy groups -OCH3 is 2. The summed E-state index contributed by atoms with van der Waals surface area (Å²) in [7, 11) is 2.79. The molecule has 2 N–H and O–H groups in total. The van der Waals surface area contributed by atoms with Crippen LogP contribution in [-0.4, -0.2) is 58.7 Å². The van der Waals surface area contributed by atoms with Crippen LogP contribution in [0.25, 0.3) is 16.7 Å². The van der Waals surface area contributed by atoms with Crippen LogP contribution in [0, 0.1) is 13.5 Å². The molecule has 160 valence electrons. The van der Waals surface area contributed by atoms with Gasteiger partial charge in [0.15, 0.2) is 17.3 Å². The first-order chi connectivity index (χ1) is 15.5. The van der Waals surface area contributed by atoms with Crippen molar-refractivity contribution < 1.29 is 9.47 Å². The Morgan fingerprint density at radius 1 is 1.00 bits per heavy atom. The quantitative estimate of drug-likeness (QED) is 0.349. The van der Waals surface area contributed by atoms with Crippen LogP contribution >= 0.6 is 0 Å². The Labute approximate surface area is 180 Å². The fourth-order valence-electron chi connectivity index (χ4n) is 2.57. The van der Waals surface area contributed by atoms with Crippen molar-refractivity contribution in [2.45, 2.75) is 6.92 Å². The second-order valence-corrected chi connectivity index (χ2v) is 5.97. The number of hydrogen-bond acceptors (Lipinski definition) is 12. The van der Waals surface area contributed by atoms with Gasteiger partial charge in [0.25, 0.3) is 17.6 Å².